The third-order valence-corrected chi connectivity index (χ3v) is 6.12. The molecule has 1 aliphatic heterocycles. The third kappa shape index (κ3) is 3.66. The number of rotatable bonds is 6. The summed E-state index contributed by atoms with van der Waals surface area (Å²) in [6.45, 7) is 0.238. The van der Waals surface area contributed by atoms with Crippen molar-refractivity contribution in [3.05, 3.63) is 81.6 Å². The SMILES string of the molecule is CNC1(O)c2ccc(OCc3ccccc3)c([N+](=O)[O-])c2CCC1C1CCC=CO1. The van der Waals surface area contributed by atoms with Crippen LogP contribution in [0.15, 0.2) is 54.8 Å². The summed E-state index contributed by atoms with van der Waals surface area (Å²) in [6.07, 6.45) is 6.25. The lowest BCUT2D eigenvalue weighted by Gasteiger charge is -2.44. The van der Waals surface area contributed by atoms with Crippen molar-refractivity contribution in [2.45, 2.75) is 44.1 Å². The van der Waals surface area contributed by atoms with Crippen molar-refractivity contribution in [3.8, 4) is 5.75 Å². The highest BCUT2D eigenvalue weighted by atomic mass is 16.6. The first-order chi connectivity index (χ1) is 14.5. The number of nitrogens with zero attached hydrogens (tertiary/aromatic N) is 1. The molecule has 2 aliphatic rings. The molecule has 4 rings (SSSR count). The molecule has 2 aromatic rings. The molecule has 0 bridgehead atoms. The van der Waals surface area contributed by atoms with E-state index >= 15 is 0 Å². The lowest BCUT2D eigenvalue weighted by atomic mass is 9.72. The number of hydrogen-bond acceptors (Lipinski definition) is 6. The first kappa shape index (κ1) is 20.4. The zero-order valence-electron chi connectivity index (χ0n) is 16.9. The molecule has 0 radical (unpaired) electrons. The van der Waals surface area contributed by atoms with E-state index in [-0.39, 0.29) is 30.1 Å². The highest BCUT2D eigenvalue weighted by Crippen LogP contribution is 2.47. The van der Waals surface area contributed by atoms with Crippen molar-refractivity contribution in [2.75, 3.05) is 7.05 Å². The van der Waals surface area contributed by atoms with E-state index in [1.165, 1.54) is 0 Å². The van der Waals surface area contributed by atoms with Crippen molar-refractivity contribution >= 4 is 5.69 Å². The number of hydrogen-bond donors (Lipinski definition) is 2. The average molecular weight is 410 g/mol. The number of nitro groups is 1. The van der Waals surface area contributed by atoms with E-state index in [9.17, 15) is 15.2 Å². The van der Waals surface area contributed by atoms with Gasteiger partial charge in [0.05, 0.1) is 11.2 Å². The second-order valence-electron chi connectivity index (χ2n) is 7.76. The van der Waals surface area contributed by atoms with Gasteiger partial charge in [0.1, 0.15) is 18.4 Å². The van der Waals surface area contributed by atoms with Gasteiger partial charge in [-0.15, -0.1) is 0 Å². The fourth-order valence-corrected chi connectivity index (χ4v) is 4.61. The molecule has 158 valence electrons. The number of benzene rings is 2. The van der Waals surface area contributed by atoms with E-state index in [0.29, 0.717) is 24.0 Å². The van der Waals surface area contributed by atoms with Crippen LogP contribution in [0, 0.1) is 16.0 Å². The fraction of sp³-hybridized carbons (Fsp3) is 0.391. The quantitative estimate of drug-likeness (QED) is 0.427. The Morgan fingerprint density at radius 2 is 2.07 bits per heavy atom. The van der Waals surface area contributed by atoms with E-state index < -0.39 is 10.6 Å². The van der Waals surface area contributed by atoms with E-state index in [0.717, 1.165) is 18.4 Å². The van der Waals surface area contributed by atoms with Crippen LogP contribution in [-0.4, -0.2) is 23.2 Å². The number of allylic oxidation sites excluding steroid dienone is 1. The second-order valence-corrected chi connectivity index (χ2v) is 7.76. The lowest BCUT2D eigenvalue weighted by molar-refractivity contribution is -0.387. The summed E-state index contributed by atoms with van der Waals surface area (Å²) in [4.78, 5) is 11.6. The molecule has 2 N–H and O–H groups in total. The zero-order chi connectivity index (χ0) is 21.1. The van der Waals surface area contributed by atoms with Crippen molar-refractivity contribution < 1.29 is 19.5 Å². The highest BCUT2D eigenvalue weighted by molar-refractivity contribution is 5.58. The molecule has 1 aliphatic carbocycles. The Balaban J connectivity index is 1.69. The van der Waals surface area contributed by atoms with Crippen LogP contribution in [0.1, 0.15) is 36.0 Å². The van der Waals surface area contributed by atoms with Gasteiger partial charge in [0.25, 0.3) is 0 Å². The van der Waals surface area contributed by atoms with E-state index in [2.05, 4.69) is 5.32 Å². The lowest BCUT2D eigenvalue weighted by Crippen LogP contribution is -2.54. The smallest absolute Gasteiger partial charge is 0.314 e. The molecule has 0 saturated heterocycles. The molecule has 3 atom stereocenters. The topological polar surface area (TPSA) is 93.9 Å². The summed E-state index contributed by atoms with van der Waals surface area (Å²) in [5.74, 6) is 0.00648. The van der Waals surface area contributed by atoms with Crippen LogP contribution in [0.25, 0.3) is 0 Å². The molecule has 7 heteroatoms. The maximum atomic E-state index is 12.0. The first-order valence-electron chi connectivity index (χ1n) is 10.2. The normalized spacial score (nSPS) is 25.3. The molecule has 0 aromatic heterocycles. The molecule has 0 saturated carbocycles. The van der Waals surface area contributed by atoms with Gasteiger partial charge in [-0.1, -0.05) is 36.4 Å². The van der Waals surface area contributed by atoms with E-state index in [4.69, 9.17) is 9.47 Å². The van der Waals surface area contributed by atoms with Crippen LogP contribution in [0.5, 0.6) is 5.75 Å². The van der Waals surface area contributed by atoms with Gasteiger partial charge in [-0.25, -0.2) is 0 Å². The van der Waals surface area contributed by atoms with Crippen LogP contribution < -0.4 is 10.1 Å². The van der Waals surface area contributed by atoms with Gasteiger partial charge >= 0.3 is 5.69 Å². The maximum absolute atomic E-state index is 12.0. The monoisotopic (exact) mass is 410 g/mol. The Bertz CT molecular complexity index is 946. The predicted molar refractivity (Wildman–Crippen MR) is 112 cm³/mol. The first-order valence-corrected chi connectivity index (χ1v) is 10.2. The Hall–Kier alpha value is -2.90. The number of nitrogens with one attached hydrogen (secondary N) is 1. The summed E-state index contributed by atoms with van der Waals surface area (Å²) in [7, 11) is 1.67. The summed E-state index contributed by atoms with van der Waals surface area (Å²) >= 11 is 0. The molecule has 2 aromatic carbocycles. The van der Waals surface area contributed by atoms with Crippen LogP contribution in [0.2, 0.25) is 0 Å². The summed E-state index contributed by atoms with van der Waals surface area (Å²) in [6, 6.07) is 12.9. The highest BCUT2D eigenvalue weighted by Gasteiger charge is 2.48. The Morgan fingerprint density at radius 3 is 2.73 bits per heavy atom. The summed E-state index contributed by atoms with van der Waals surface area (Å²) in [5, 5.41) is 26.6. The van der Waals surface area contributed by atoms with Gasteiger partial charge in [-0.05, 0) is 50.4 Å². The maximum Gasteiger partial charge on any atom is 0.314 e. The van der Waals surface area contributed by atoms with Gasteiger partial charge < -0.3 is 14.6 Å². The van der Waals surface area contributed by atoms with Gasteiger partial charge in [0.2, 0.25) is 0 Å². The van der Waals surface area contributed by atoms with Crippen LogP contribution in [-0.2, 0) is 23.5 Å². The van der Waals surface area contributed by atoms with Crippen molar-refractivity contribution in [1.82, 2.24) is 5.32 Å². The number of ether oxygens (including phenoxy) is 2. The van der Waals surface area contributed by atoms with Crippen LogP contribution >= 0.6 is 0 Å². The molecular weight excluding hydrogens is 384 g/mol. The minimum Gasteiger partial charge on any atom is -0.498 e. The molecule has 30 heavy (non-hydrogen) atoms. The minimum absolute atomic E-state index is 0.0694. The number of fused-ring (bicyclic) bond motifs is 1. The number of aliphatic hydroxyl groups is 1. The fourth-order valence-electron chi connectivity index (χ4n) is 4.61. The molecule has 7 nitrogen and oxygen atoms in total. The van der Waals surface area contributed by atoms with Gasteiger partial charge in [-0.3, -0.25) is 15.4 Å². The molecule has 0 spiro atoms. The molecular formula is C23H26N2O5. The zero-order valence-corrected chi connectivity index (χ0v) is 16.9. The molecule has 0 amide bonds. The minimum atomic E-state index is -1.41. The Labute approximate surface area is 175 Å². The standard InChI is InChI=1S/C23H26N2O5/c1-24-23(26)18-12-13-21(30-15-16-7-3-2-4-8-16)22(25(27)28)17(18)10-11-19(23)20-9-5-6-14-29-20/h2-4,6-8,12-14,19-20,24,26H,5,9-11,15H2,1H3. The van der Waals surface area contributed by atoms with Crippen LogP contribution in [0.3, 0.4) is 0 Å². The van der Waals surface area contributed by atoms with E-state index in [1.54, 1.807) is 25.4 Å². The summed E-state index contributed by atoms with van der Waals surface area (Å²) in [5.41, 5.74) is 0.494. The van der Waals surface area contributed by atoms with Crippen molar-refractivity contribution in [1.29, 1.82) is 0 Å². The Morgan fingerprint density at radius 1 is 1.27 bits per heavy atom. The molecule has 1 heterocycles. The van der Waals surface area contributed by atoms with Crippen LogP contribution in [0.4, 0.5) is 5.69 Å². The van der Waals surface area contributed by atoms with Gasteiger partial charge in [-0.2, -0.15) is 0 Å². The van der Waals surface area contributed by atoms with Crippen molar-refractivity contribution in [2.24, 2.45) is 5.92 Å². The second kappa shape index (κ2) is 8.45. The Kier molecular flexibility index (Phi) is 5.74. The predicted octanol–water partition coefficient (Wildman–Crippen LogP) is 3.79. The molecule has 3 unspecified atom stereocenters. The number of nitro benzene ring substituents is 1. The average Bonchev–Trinajstić information content (AvgIpc) is 2.78. The van der Waals surface area contributed by atoms with Gasteiger partial charge in [0.15, 0.2) is 5.75 Å². The summed E-state index contributed by atoms with van der Waals surface area (Å²) < 4.78 is 11.6. The van der Waals surface area contributed by atoms with E-state index in [1.807, 2.05) is 36.4 Å². The largest absolute Gasteiger partial charge is 0.498 e. The van der Waals surface area contributed by atoms with Gasteiger partial charge in [0, 0.05) is 17.0 Å². The van der Waals surface area contributed by atoms with Crippen molar-refractivity contribution in [3.63, 3.8) is 0 Å². The third-order valence-electron chi connectivity index (χ3n) is 6.12. The molecule has 0 fully saturated rings.